The first-order chi connectivity index (χ1) is 13.7. The molecule has 2 fully saturated rings. The van der Waals surface area contributed by atoms with Crippen LogP contribution >= 0.6 is 11.6 Å². The third-order valence-electron chi connectivity index (χ3n) is 5.21. The summed E-state index contributed by atoms with van der Waals surface area (Å²) in [5, 5.41) is 4.52. The summed E-state index contributed by atoms with van der Waals surface area (Å²) >= 11 is 6.33. The SMILES string of the molecule is Cn1cc(-c2nc3c(N4CCOCC4)nc(Cl)nc3n2C2CCCCO2)cn1. The molecular weight excluding hydrogens is 382 g/mol. The summed E-state index contributed by atoms with van der Waals surface area (Å²) in [7, 11) is 1.89. The molecular formula is C18H22ClN7O2. The number of halogens is 1. The summed E-state index contributed by atoms with van der Waals surface area (Å²) in [4.78, 5) is 16.2. The van der Waals surface area contributed by atoms with E-state index in [1.165, 1.54) is 0 Å². The Balaban J connectivity index is 1.72. The average molecular weight is 404 g/mol. The Morgan fingerprint density at radius 3 is 2.68 bits per heavy atom. The number of imidazole rings is 1. The van der Waals surface area contributed by atoms with E-state index in [4.69, 9.17) is 26.1 Å². The fourth-order valence-corrected chi connectivity index (χ4v) is 4.03. The summed E-state index contributed by atoms with van der Waals surface area (Å²) in [6, 6.07) is 0. The molecule has 1 atom stereocenters. The predicted molar refractivity (Wildman–Crippen MR) is 104 cm³/mol. The Hall–Kier alpha value is -2.23. The summed E-state index contributed by atoms with van der Waals surface area (Å²) in [5.41, 5.74) is 2.35. The van der Waals surface area contributed by atoms with Crippen molar-refractivity contribution in [3.63, 3.8) is 0 Å². The van der Waals surface area contributed by atoms with E-state index in [9.17, 15) is 0 Å². The van der Waals surface area contributed by atoms with E-state index >= 15 is 0 Å². The van der Waals surface area contributed by atoms with E-state index in [0.29, 0.717) is 18.9 Å². The molecule has 0 aromatic carbocycles. The molecule has 1 unspecified atom stereocenters. The number of morpholine rings is 1. The largest absolute Gasteiger partial charge is 0.378 e. The van der Waals surface area contributed by atoms with Crippen LogP contribution in [0.5, 0.6) is 0 Å². The molecule has 0 aliphatic carbocycles. The third-order valence-corrected chi connectivity index (χ3v) is 5.38. The Labute approximate surface area is 167 Å². The molecule has 0 bridgehead atoms. The number of anilines is 1. The van der Waals surface area contributed by atoms with Crippen molar-refractivity contribution in [1.29, 1.82) is 0 Å². The summed E-state index contributed by atoms with van der Waals surface area (Å²) in [6.07, 6.45) is 6.71. The van der Waals surface area contributed by atoms with Gasteiger partial charge in [0.2, 0.25) is 5.28 Å². The molecule has 3 aromatic heterocycles. The molecule has 5 rings (SSSR count). The molecule has 10 heteroatoms. The normalized spacial score (nSPS) is 20.8. The maximum absolute atomic E-state index is 6.33. The minimum absolute atomic E-state index is 0.127. The number of rotatable bonds is 3. The number of fused-ring (bicyclic) bond motifs is 1. The Bertz CT molecular complexity index is 989. The topological polar surface area (TPSA) is 83.1 Å². The molecule has 28 heavy (non-hydrogen) atoms. The van der Waals surface area contributed by atoms with Gasteiger partial charge in [0, 0.05) is 32.9 Å². The maximum Gasteiger partial charge on any atom is 0.226 e. The second-order valence-corrected chi connectivity index (χ2v) is 7.46. The minimum atomic E-state index is -0.127. The van der Waals surface area contributed by atoms with Crippen LogP contribution in [0.4, 0.5) is 5.82 Å². The fraction of sp³-hybridized carbons (Fsp3) is 0.556. The highest BCUT2D eigenvalue weighted by Gasteiger charge is 2.28. The van der Waals surface area contributed by atoms with Gasteiger partial charge in [0.15, 0.2) is 17.0 Å². The van der Waals surface area contributed by atoms with Crippen LogP contribution in [0.1, 0.15) is 25.5 Å². The molecule has 0 N–H and O–H groups in total. The first-order valence-electron chi connectivity index (χ1n) is 9.59. The molecule has 2 aliphatic rings. The zero-order chi connectivity index (χ0) is 19.1. The van der Waals surface area contributed by atoms with Gasteiger partial charge in [0.1, 0.15) is 12.1 Å². The van der Waals surface area contributed by atoms with E-state index in [0.717, 1.165) is 61.7 Å². The van der Waals surface area contributed by atoms with Crippen molar-refractivity contribution in [1.82, 2.24) is 29.3 Å². The van der Waals surface area contributed by atoms with Gasteiger partial charge in [0.05, 0.1) is 25.0 Å². The first-order valence-corrected chi connectivity index (χ1v) is 9.97. The number of aromatic nitrogens is 6. The predicted octanol–water partition coefficient (Wildman–Crippen LogP) is 2.42. The van der Waals surface area contributed by atoms with Crippen molar-refractivity contribution in [3.8, 4) is 11.4 Å². The first kappa shape index (κ1) is 17.8. The maximum atomic E-state index is 6.33. The summed E-state index contributed by atoms with van der Waals surface area (Å²) in [5.74, 6) is 1.53. The monoisotopic (exact) mass is 403 g/mol. The van der Waals surface area contributed by atoms with Crippen LogP contribution in [-0.4, -0.2) is 62.2 Å². The van der Waals surface area contributed by atoms with Crippen molar-refractivity contribution >= 4 is 28.6 Å². The molecule has 2 aliphatic heterocycles. The van der Waals surface area contributed by atoms with Gasteiger partial charge >= 0.3 is 0 Å². The van der Waals surface area contributed by atoms with Gasteiger partial charge < -0.3 is 14.4 Å². The van der Waals surface area contributed by atoms with Gasteiger partial charge in [-0.25, -0.2) is 4.98 Å². The van der Waals surface area contributed by atoms with Gasteiger partial charge in [-0.3, -0.25) is 9.25 Å². The molecule has 9 nitrogen and oxygen atoms in total. The number of nitrogens with zero attached hydrogens (tertiary/aromatic N) is 7. The van der Waals surface area contributed by atoms with E-state index < -0.39 is 0 Å². The zero-order valence-corrected chi connectivity index (χ0v) is 16.5. The molecule has 0 amide bonds. The second-order valence-electron chi connectivity index (χ2n) is 7.12. The van der Waals surface area contributed by atoms with E-state index in [2.05, 4.69) is 24.5 Å². The molecule has 0 spiro atoms. The molecule has 148 valence electrons. The standard InChI is InChI=1S/C18H22ClN7O2/c1-24-11-12(10-20-24)15-21-14-16(25-5-8-27-9-6-25)22-18(19)23-17(14)26(15)13-4-2-3-7-28-13/h10-11,13H,2-9H2,1H3. The average Bonchev–Trinajstić information content (AvgIpc) is 3.32. The zero-order valence-electron chi connectivity index (χ0n) is 15.7. The summed E-state index contributed by atoms with van der Waals surface area (Å²) in [6.45, 7) is 3.54. The van der Waals surface area contributed by atoms with Crippen LogP contribution in [-0.2, 0) is 16.5 Å². The minimum Gasteiger partial charge on any atom is -0.378 e. The van der Waals surface area contributed by atoms with Crippen molar-refractivity contribution in [2.24, 2.45) is 7.05 Å². The molecule has 2 saturated heterocycles. The van der Waals surface area contributed by atoms with Gasteiger partial charge in [-0.05, 0) is 30.9 Å². The summed E-state index contributed by atoms with van der Waals surface area (Å²) < 4.78 is 15.4. The van der Waals surface area contributed by atoms with Crippen LogP contribution in [0.25, 0.3) is 22.6 Å². The highest BCUT2D eigenvalue weighted by molar-refractivity contribution is 6.28. The highest BCUT2D eigenvalue weighted by Crippen LogP contribution is 2.35. The van der Waals surface area contributed by atoms with Crippen molar-refractivity contribution in [2.45, 2.75) is 25.5 Å². The lowest BCUT2D eigenvalue weighted by Crippen LogP contribution is -2.37. The van der Waals surface area contributed by atoms with Gasteiger partial charge in [-0.15, -0.1) is 0 Å². The van der Waals surface area contributed by atoms with Crippen molar-refractivity contribution in [3.05, 3.63) is 17.7 Å². The molecule has 3 aromatic rings. The van der Waals surface area contributed by atoms with Gasteiger partial charge in [-0.2, -0.15) is 15.1 Å². The third kappa shape index (κ3) is 3.13. The van der Waals surface area contributed by atoms with Crippen LogP contribution in [0, 0.1) is 0 Å². The Morgan fingerprint density at radius 2 is 1.96 bits per heavy atom. The van der Waals surface area contributed by atoms with Crippen molar-refractivity contribution < 1.29 is 9.47 Å². The number of hydrogen-bond donors (Lipinski definition) is 0. The van der Waals surface area contributed by atoms with Crippen LogP contribution in [0.15, 0.2) is 12.4 Å². The quantitative estimate of drug-likeness (QED) is 0.621. The van der Waals surface area contributed by atoms with E-state index in [1.54, 1.807) is 4.68 Å². The van der Waals surface area contributed by atoms with Gasteiger partial charge in [0.25, 0.3) is 0 Å². The lowest BCUT2D eigenvalue weighted by Gasteiger charge is -2.28. The second kappa shape index (κ2) is 7.31. The highest BCUT2D eigenvalue weighted by atomic mass is 35.5. The smallest absolute Gasteiger partial charge is 0.226 e. The lowest BCUT2D eigenvalue weighted by molar-refractivity contribution is -0.0287. The van der Waals surface area contributed by atoms with E-state index in [-0.39, 0.29) is 11.5 Å². The van der Waals surface area contributed by atoms with E-state index in [1.807, 2.05) is 19.4 Å². The Morgan fingerprint density at radius 1 is 1.11 bits per heavy atom. The number of ether oxygens (including phenoxy) is 2. The molecule has 0 saturated carbocycles. The number of hydrogen-bond acceptors (Lipinski definition) is 7. The lowest BCUT2D eigenvalue weighted by atomic mass is 10.2. The van der Waals surface area contributed by atoms with Crippen LogP contribution in [0.2, 0.25) is 5.28 Å². The van der Waals surface area contributed by atoms with Crippen LogP contribution in [0.3, 0.4) is 0 Å². The Kier molecular flexibility index (Phi) is 4.65. The number of aryl methyl sites for hydroxylation is 1. The fourth-order valence-electron chi connectivity index (χ4n) is 3.87. The van der Waals surface area contributed by atoms with Gasteiger partial charge in [-0.1, -0.05) is 0 Å². The molecule has 5 heterocycles. The molecule has 0 radical (unpaired) electrons. The van der Waals surface area contributed by atoms with Crippen LogP contribution < -0.4 is 4.90 Å². The van der Waals surface area contributed by atoms with Crippen molar-refractivity contribution in [2.75, 3.05) is 37.8 Å².